The van der Waals surface area contributed by atoms with E-state index < -0.39 is 5.60 Å². The van der Waals surface area contributed by atoms with Gasteiger partial charge in [-0.05, 0) is 92.8 Å². The Balaban J connectivity index is 1.51. The first-order valence-corrected chi connectivity index (χ1v) is 10.4. The fourth-order valence-electron chi connectivity index (χ4n) is 7.83. The van der Waals surface area contributed by atoms with Crippen LogP contribution in [0.1, 0.15) is 64.7 Å². The van der Waals surface area contributed by atoms with Gasteiger partial charge in [0.15, 0.2) is 0 Å². The molecule has 8 atom stereocenters. The third kappa shape index (κ3) is 2.75. The molecule has 1 amide bonds. The molecule has 4 aliphatic rings. The summed E-state index contributed by atoms with van der Waals surface area (Å²) in [5.74, 6) is 3.72. The molecule has 0 aliphatic heterocycles. The van der Waals surface area contributed by atoms with Gasteiger partial charge in [0, 0.05) is 13.0 Å². The molecule has 0 aromatic carbocycles. The molecule has 0 saturated heterocycles. The van der Waals surface area contributed by atoms with Crippen LogP contribution >= 0.6 is 0 Å². The van der Waals surface area contributed by atoms with E-state index in [1.807, 2.05) is 0 Å². The van der Waals surface area contributed by atoms with Gasteiger partial charge in [0.2, 0.25) is 5.91 Å². The normalized spacial score (nSPS) is 52.1. The summed E-state index contributed by atoms with van der Waals surface area (Å²) in [4.78, 5) is 12.0. The maximum Gasteiger partial charge on any atom is 0.221 e. The summed E-state index contributed by atoms with van der Waals surface area (Å²) in [5.41, 5.74) is 5.29. The van der Waals surface area contributed by atoms with Crippen molar-refractivity contribution in [3.05, 3.63) is 0 Å². The number of hydrogen-bond donors (Lipinski definition) is 2. The van der Waals surface area contributed by atoms with E-state index >= 15 is 0 Å². The molecule has 142 valence electrons. The number of rotatable bonds is 3. The lowest BCUT2D eigenvalue weighted by Crippen LogP contribution is -2.52. The molecule has 4 fully saturated rings. The number of methoxy groups -OCH3 is 1. The van der Waals surface area contributed by atoms with Crippen molar-refractivity contribution in [2.75, 3.05) is 13.7 Å². The first kappa shape index (κ1) is 17.8. The second-order valence-corrected chi connectivity index (χ2v) is 9.91. The molecular weight excluding hydrogens is 314 g/mol. The van der Waals surface area contributed by atoms with Crippen LogP contribution in [0.5, 0.6) is 0 Å². The molecule has 4 rings (SSSR count). The van der Waals surface area contributed by atoms with Gasteiger partial charge in [-0.1, -0.05) is 6.92 Å². The van der Waals surface area contributed by atoms with Crippen molar-refractivity contribution in [3.63, 3.8) is 0 Å². The lowest BCUT2D eigenvalue weighted by molar-refractivity contribution is -0.135. The molecule has 4 heteroatoms. The van der Waals surface area contributed by atoms with Crippen molar-refractivity contribution in [2.45, 2.75) is 70.3 Å². The topological polar surface area (TPSA) is 72.6 Å². The standard InChI is InChI=1S/C21H35NO3/c1-20-9-7-15-14-8-10-21(24,12-25-2)11-13(14)3-4-16(15)17(20)5-6-18(20)19(22)23/h13-18,24H,3-12H2,1-2H3,(H2,22,23)/t13-,14-,15+,16+,17-,18+,20-,21+/m0/s1. The average Bonchev–Trinajstić information content (AvgIpc) is 2.91. The van der Waals surface area contributed by atoms with Crippen molar-refractivity contribution in [1.82, 2.24) is 0 Å². The lowest BCUT2D eigenvalue weighted by Gasteiger charge is -2.57. The molecule has 4 aliphatic carbocycles. The minimum atomic E-state index is -0.601. The number of ether oxygens (including phenoxy) is 1. The highest BCUT2D eigenvalue weighted by Crippen LogP contribution is 2.64. The summed E-state index contributed by atoms with van der Waals surface area (Å²) in [6.07, 6.45) is 10.1. The van der Waals surface area contributed by atoms with Crippen LogP contribution in [0.4, 0.5) is 0 Å². The molecule has 0 bridgehead atoms. The van der Waals surface area contributed by atoms with Crippen molar-refractivity contribution >= 4 is 5.91 Å². The van der Waals surface area contributed by atoms with Gasteiger partial charge in [0.25, 0.3) is 0 Å². The Bertz CT molecular complexity index is 537. The Labute approximate surface area is 151 Å². The number of primary amides is 1. The van der Waals surface area contributed by atoms with E-state index in [0.29, 0.717) is 18.4 Å². The predicted octanol–water partition coefficient (Wildman–Crippen LogP) is 3.12. The van der Waals surface area contributed by atoms with Gasteiger partial charge in [0.1, 0.15) is 0 Å². The lowest BCUT2D eigenvalue weighted by atomic mass is 9.49. The maximum absolute atomic E-state index is 12.0. The number of aliphatic hydroxyl groups is 1. The molecule has 0 aromatic rings. The maximum atomic E-state index is 12.0. The zero-order valence-corrected chi connectivity index (χ0v) is 15.9. The zero-order chi connectivity index (χ0) is 17.8. The number of nitrogens with two attached hydrogens (primary N) is 1. The summed E-state index contributed by atoms with van der Waals surface area (Å²) < 4.78 is 5.28. The van der Waals surface area contributed by atoms with Crippen LogP contribution in [0.2, 0.25) is 0 Å². The number of carbonyl (C=O) groups excluding carboxylic acids is 1. The Hall–Kier alpha value is -0.610. The van der Waals surface area contributed by atoms with Crippen molar-refractivity contribution in [2.24, 2.45) is 46.7 Å². The summed E-state index contributed by atoms with van der Waals surface area (Å²) in [6, 6.07) is 0. The smallest absolute Gasteiger partial charge is 0.221 e. The number of hydrogen-bond acceptors (Lipinski definition) is 3. The fourth-order valence-corrected chi connectivity index (χ4v) is 7.83. The fraction of sp³-hybridized carbons (Fsp3) is 0.952. The summed E-state index contributed by atoms with van der Waals surface area (Å²) in [7, 11) is 1.69. The van der Waals surface area contributed by atoms with Gasteiger partial charge in [-0.3, -0.25) is 4.79 Å². The molecule has 0 radical (unpaired) electrons. The van der Waals surface area contributed by atoms with Gasteiger partial charge in [0.05, 0.1) is 12.2 Å². The molecule has 3 N–H and O–H groups in total. The van der Waals surface area contributed by atoms with Gasteiger partial charge in [-0.2, -0.15) is 0 Å². The predicted molar refractivity (Wildman–Crippen MR) is 96.6 cm³/mol. The third-order valence-electron chi connectivity index (χ3n) is 8.86. The summed E-state index contributed by atoms with van der Waals surface area (Å²) in [5, 5.41) is 10.8. The van der Waals surface area contributed by atoms with Crippen molar-refractivity contribution < 1.29 is 14.6 Å². The quantitative estimate of drug-likeness (QED) is 0.822. The Morgan fingerprint density at radius 1 is 1.08 bits per heavy atom. The Kier molecular flexibility index (Phi) is 4.43. The third-order valence-corrected chi connectivity index (χ3v) is 8.86. The van der Waals surface area contributed by atoms with Gasteiger partial charge in [-0.15, -0.1) is 0 Å². The van der Waals surface area contributed by atoms with E-state index in [4.69, 9.17) is 10.5 Å². The van der Waals surface area contributed by atoms with Gasteiger partial charge in [-0.25, -0.2) is 0 Å². The summed E-state index contributed by atoms with van der Waals surface area (Å²) in [6.45, 7) is 2.83. The molecule has 0 heterocycles. The molecule has 4 nitrogen and oxygen atoms in total. The van der Waals surface area contributed by atoms with Crippen molar-refractivity contribution in [1.29, 1.82) is 0 Å². The zero-order valence-electron chi connectivity index (χ0n) is 15.9. The number of carbonyl (C=O) groups is 1. The SMILES string of the molecule is COC[C@@]1(O)CC[C@H]2[C@@H](CC[C@@H]3[C@@H]2CC[C@]2(C)[C@@H](C(N)=O)CC[C@@H]32)C1. The molecule has 0 spiro atoms. The molecule has 0 unspecified atom stereocenters. The highest BCUT2D eigenvalue weighted by molar-refractivity contribution is 5.78. The van der Waals surface area contributed by atoms with Crippen LogP contribution in [0.15, 0.2) is 0 Å². The number of fused-ring (bicyclic) bond motifs is 5. The van der Waals surface area contributed by atoms with Crippen LogP contribution in [0.25, 0.3) is 0 Å². The van der Waals surface area contributed by atoms with Crippen LogP contribution in [-0.2, 0) is 9.53 Å². The van der Waals surface area contributed by atoms with E-state index in [9.17, 15) is 9.90 Å². The van der Waals surface area contributed by atoms with Gasteiger partial charge >= 0.3 is 0 Å². The summed E-state index contributed by atoms with van der Waals surface area (Å²) >= 11 is 0. The second-order valence-electron chi connectivity index (χ2n) is 9.91. The first-order valence-electron chi connectivity index (χ1n) is 10.4. The number of amides is 1. The first-order chi connectivity index (χ1) is 11.9. The minimum Gasteiger partial charge on any atom is -0.387 e. The molecule has 25 heavy (non-hydrogen) atoms. The van der Waals surface area contributed by atoms with Crippen LogP contribution < -0.4 is 5.73 Å². The highest BCUT2D eigenvalue weighted by Gasteiger charge is 2.58. The Morgan fingerprint density at radius 2 is 1.84 bits per heavy atom. The van der Waals surface area contributed by atoms with Gasteiger partial charge < -0.3 is 15.6 Å². The van der Waals surface area contributed by atoms with Crippen LogP contribution in [-0.4, -0.2) is 30.3 Å². The Morgan fingerprint density at radius 3 is 2.56 bits per heavy atom. The second kappa shape index (κ2) is 6.23. The average molecular weight is 350 g/mol. The van der Waals surface area contributed by atoms with Crippen LogP contribution in [0.3, 0.4) is 0 Å². The minimum absolute atomic E-state index is 0.0700. The molecule has 0 aromatic heterocycles. The van der Waals surface area contributed by atoms with E-state index in [2.05, 4.69) is 6.92 Å². The van der Waals surface area contributed by atoms with Crippen LogP contribution in [0, 0.1) is 40.9 Å². The van der Waals surface area contributed by atoms with Crippen molar-refractivity contribution in [3.8, 4) is 0 Å². The van der Waals surface area contributed by atoms with E-state index in [-0.39, 0.29) is 17.2 Å². The van der Waals surface area contributed by atoms with E-state index in [0.717, 1.165) is 49.9 Å². The largest absolute Gasteiger partial charge is 0.387 e. The van der Waals surface area contributed by atoms with E-state index in [1.54, 1.807) is 7.11 Å². The molecular formula is C21H35NO3. The van der Waals surface area contributed by atoms with E-state index in [1.165, 1.54) is 25.7 Å². The molecule has 4 saturated carbocycles. The monoisotopic (exact) mass is 349 g/mol. The highest BCUT2D eigenvalue weighted by atomic mass is 16.5.